The van der Waals surface area contributed by atoms with E-state index in [0.717, 1.165) is 21.8 Å². The van der Waals surface area contributed by atoms with Gasteiger partial charge in [-0.2, -0.15) is 9.97 Å². The zero-order valence-corrected chi connectivity index (χ0v) is 22.8. The van der Waals surface area contributed by atoms with Crippen molar-refractivity contribution in [1.29, 1.82) is 0 Å². The first-order valence-corrected chi connectivity index (χ1v) is 15.8. The van der Waals surface area contributed by atoms with E-state index in [-0.39, 0.29) is 10.9 Å². The minimum Gasteiger partial charge on any atom is -0.387 e. The molecule has 0 radical (unpaired) electrons. The molecule has 0 amide bonds. The van der Waals surface area contributed by atoms with E-state index in [1.807, 2.05) is 53.1 Å². The molecule has 5 aromatic rings. The first kappa shape index (κ1) is 27.4. The van der Waals surface area contributed by atoms with Crippen LogP contribution in [-0.4, -0.2) is 79.8 Å². The van der Waals surface area contributed by atoms with Gasteiger partial charge in [0.2, 0.25) is 5.28 Å². The Morgan fingerprint density at radius 1 is 0.950 bits per heavy atom. The van der Waals surface area contributed by atoms with Crippen LogP contribution in [0.15, 0.2) is 54.9 Å². The van der Waals surface area contributed by atoms with E-state index in [1.165, 1.54) is 10.9 Å². The Bertz CT molecular complexity index is 1800. The second kappa shape index (κ2) is 9.97. The summed E-state index contributed by atoms with van der Waals surface area (Å²) in [5.74, 6) is -1.03. The molecule has 6 rings (SSSR count). The van der Waals surface area contributed by atoms with E-state index in [9.17, 15) is 24.2 Å². The number of imidazole rings is 1. The molecule has 0 saturated carbocycles. The molecule has 2 aromatic carbocycles. The lowest BCUT2D eigenvalue weighted by atomic mass is 10.1. The summed E-state index contributed by atoms with van der Waals surface area (Å²) in [5, 5.41) is 23.2. The predicted molar refractivity (Wildman–Crippen MR) is 143 cm³/mol. The molecule has 0 bridgehead atoms. The fraction of sp³-hybridized carbons (Fsp3) is 0.261. The Balaban J connectivity index is 1.38. The lowest BCUT2D eigenvalue weighted by Crippen LogP contribution is -2.33. The smallest absolute Gasteiger partial charge is 0.340 e. The molecule has 1 saturated heterocycles. The minimum absolute atomic E-state index is 0.113. The van der Waals surface area contributed by atoms with E-state index in [2.05, 4.69) is 15.0 Å². The fourth-order valence-electron chi connectivity index (χ4n) is 4.93. The van der Waals surface area contributed by atoms with Crippen LogP contribution in [-0.2, 0) is 18.4 Å². The van der Waals surface area contributed by atoms with Crippen molar-refractivity contribution in [2.24, 2.45) is 0 Å². The minimum atomic E-state index is -4.85. The lowest BCUT2D eigenvalue weighted by molar-refractivity contribution is -0.0483. The molecule has 0 spiro atoms. The number of rotatable bonds is 7. The average Bonchev–Trinajstić information content (AvgIpc) is 3.53. The van der Waals surface area contributed by atoms with E-state index in [0.29, 0.717) is 11.3 Å². The Morgan fingerprint density at radius 3 is 2.20 bits per heavy atom. The van der Waals surface area contributed by atoms with Crippen LogP contribution < -0.4 is 0 Å². The molecule has 5 N–H and O–H groups in total. The average molecular weight is 610 g/mol. The molecule has 210 valence electrons. The molecular formula is C23H22ClN5O9P2. The SMILES string of the molecule is O=P(O)(O)CP(=O)(O)OC[C@H]1O[C@@H](n2cnc3c(-n4c5ccccc5c5ccccc54)nc(Cl)nc32)C(O)C1O. The molecular weight excluding hydrogens is 588 g/mol. The monoisotopic (exact) mass is 609 g/mol. The number of halogens is 1. The standard InChI is InChI=1S/C23H22ClN5O9P2/c24-23-26-20-17(21(27-23)29-14-7-3-1-5-12(14)13-6-2-4-8-15(13)29)25-10-28(20)22-19(31)18(30)16(38-22)9-37-40(35,36)11-39(32,33)34/h1-8,10,16,18-19,22,30-31H,9,11H2,(H,35,36)(H2,32,33,34)/t16-,18?,19?,22-/m1/s1. The predicted octanol–water partition coefficient (Wildman–Crippen LogP) is 2.53. The van der Waals surface area contributed by atoms with Crippen LogP contribution in [0.25, 0.3) is 38.8 Å². The van der Waals surface area contributed by atoms with Crippen molar-refractivity contribution in [1.82, 2.24) is 24.1 Å². The van der Waals surface area contributed by atoms with Crippen LogP contribution in [0, 0.1) is 0 Å². The van der Waals surface area contributed by atoms with Gasteiger partial charge in [0.1, 0.15) is 18.3 Å². The number of nitrogens with zero attached hydrogens (tertiary/aromatic N) is 5. The molecule has 3 aromatic heterocycles. The number of aliphatic hydroxyl groups excluding tert-OH is 2. The van der Waals surface area contributed by atoms with Crippen molar-refractivity contribution >= 4 is 59.8 Å². The van der Waals surface area contributed by atoms with Crippen LogP contribution in [0.3, 0.4) is 0 Å². The molecule has 3 unspecified atom stereocenters. The molecule has 4 heterocycles. The zero-order valence-electron chi connectivity index (χ0n) is 20.3. The molecule has 40 heavy (non-hydrogen) atoms. The van der Waals surface area contributed by atoms with Crippen molar-refractivity contribution in [2.75, 3.05) is 12.5 Å². The Hall–Kier alpha value is -2.74. The largest absolute Gasteiger partial charge is 0.387 e. The Kier molecular flexibility index (Phi) is 6.83. The quantitative estimate of drug-likeness (QED) is 0.133. The van der Waals surface area contributed by atoms with Gasteiger partial charge in [-0.3, -0.25) is 18.3 Å². The van der Waals surface area contributed by atoms with Gasteiger partial charge in [-0.15, -0.1) is 0 Å². The summed E-state index contributed by atoms with van der Waals surface area (Å²) in [7, 11) is -9.56. The third-order valence-electron chi connectivity index (χ3n) is 6.58. The van der Waals surface area contributed by atoms with Gasteiger partial charge in [-0.1, -0.05) is 36.4 Å². The number of aromatic nitrogens is 5. The second-order valence-electron chi connectivity index (χ2n) is 9.30. The summed E-state index contributed by atoms with van der Waals surface area (Å²) >= 11 is 6.35. The summed E-state index contributed by atoms with van der Waals surface area (Å²) in [6, 6.07) is 15.5. The van der Waals surface area contributed by atoms with Gasteiger partial charge in [0, 0.05) is 10.8 Å². The number of fused-ring (bicyclic) bond motifs is 4. The van der Waals surface area contributed by atoms with E-state index >= 15 is 0 Å². The molecule has 0 aliphatic carbocycles. The van der Waals surface area contributed by atoms with Gasteiger partial charge in [-0.05, 0) is 23.7 Å². The number of aliphatic hydroxyl groups is 2. The van der Waals surface area contributed by atoms with Gasteiger partial charge >= 0.3 is 15.2 Å². The first-order chi connectivity index (χ1) is 18.9. The van der Waals surface area contributed by atoms with Crippen LogP contribution in [0.4, 0.5) is 0 Å². The van der Waals surface area contributed by atoms with Crippen molar-refractivity contribution in [3.63, 3.8) is 0 Å². The third-order valence-corrected chi connectivity index (χ3v) is 10.2. The summed E-state index contributed by atoms with van der Waals surface area (Å²) in [6.45, 7) is -0.725. The number of benzene rings is 2. The van der Waals surface area contributed by atoms with E-state index < -0.39 is 52.2 Å². The van der Waals surface area contributed by atoms with Crippen molar-refractivity contribution in [3.8, 4) is 5.82 Å². The van der Waals surface area contributed by atoms with Gasteiger partial charge in [0.25, 0.3) is 0 Å². The van der Waals surface area contributed by atoms with Gasteiger partial charge < -0.3 is 34.2 Å². The number of para-hydroxylation sites is 2. The molecule has 1 fully saturated rings. The number of hydrogen-bond donors (Lipinski definition) is 5. The van der Waals surface area contributed by atoms with Gasteiger partial charge in [-0.25, -0.2) is 4.98 Å². The summed E-state index contributed by atoms with van der Waals surface area (Å²) in [6.07, 6.45) is -4.36. The highest BCUT2D eigenvalue weighted by Gasteiger charge is 2.46. The highest BCUT2D eigenvalue weighted by Crippen LogP contribution is 2.55. The summed E-state index contributed by atoms with van der Waals surface area (Å²) < 4.78 is 36.9. The molecule has 17 heteroatoms. The Labute approximate surface area is 230 Å². The normalized spacial score (nSPS) is 23.4. The van der Waals surface area contributed by atoms with Crippen LogP contribution in [0.2, 0.25) is 5.28 Å². The third kappa shape index (κ3) is 4.86. The van der Waals surface area contributed by atoms with Crippen LogP contribution in [0.1, 0.15) is 6.23 Å². The van der Waals surface area contributed by atoms with Gasteiger partial charge in [0.05, 0.1) is 24.0 Å². The van der Waals surface area contributed by atoms with E-state index in [4.69, 9.17) is 30.6 Å². The lowest BCUT2D eigenvalue weighted by Gasteiger charge is -2.18. The van der Waals surface area contributed by atoms with Crippen LogP contribution >= 0.6 is 26.8 Å². The van der Waals surface area contributed by atoms with Gasteiger partial charge in [0.15, 0.2) is 29.1 Å². The van der Waals surface area contributed by atoms with Crippen molar-refractivity contribution < 1.29 is 43.3 Å². The topological polar surface area (TPSA) is 202 Å². The maximum atomic E-state index is 12.0. The van der Waals surface area contributed by atoms with Crippen molar-refractivity contribution in [3.05, 3.63) is 60.1 Å². The first-order valence-electron chi connectivity index (χ1n) is 11.8. The molecule has 1 aliphatic heterocycles. The molecule has 1 aliphatic rings. The zero-order chi connectivity index (χ0) is 28.4. The van der Waals surface area contributed by atoms with Crippen molar-refractivity contribution in [2.45, 2.75) is 24.5 Å². The number of ether oxygens (including phenoxy) is 1. The highest BCUT2D eigenvalue weighted by molar-refractivity contribution is 7.70. The summed E-state index contributed by atoms with van der Waals surface area (Å²) in [5.41, 5.74) is 2.21. The Morgan fingerprint density at radius 2 is 1.57 bits per heavy atom. The summed E-state index contributed by atoms with van der Waals surface area (Å²) in [4.78, 5) is 40.9. The highest BCUT2D eigenvalue weighted by atomic mass is 35.5. The van der Waals surface area contributed by atoms with Crippen LogP contribution in [0.5, 0.6) is 0 Å². The number of hydrogen-bond acceptors (Lipinski definition) is 9. The maximum Gasteiger partial charge on any atom is 0.340 e. The van der Waals surface area contributed by atoms with E-state index in [1.54, 1.807) is 0 Å². The maximum absolute atomic E-state index is 12.0. The fourth-order valence-corrected chi connectivity index (χ4v) is 7.66. The second-order valence-corrected chi connectivity index (χ2v) is 13.6. The molecule has 14 nitrogen and oxygen atoms in total. The molecule has 5 atom stereocenters.